The summed E-state index contributed by atoms with van der Waals surface area (Å²) in [5, 5.41) is 71.0. The Morgan fingerprint density at radius 3 is 2.19 bits per heavy atom. The zero-order chi connectivity index (χ0) is 61.9. The van der Waals surface area contributed by atoms with Gasteiger partial charge < -0.3 is 83.1 Å². The fourth-order valence-corrected chi connectivity index (χ4v) is 15.5. The number of methoxy groups -OCH3 is 1. The summed E-state index contributed by atoms with van der Waals surface area (Å²) < 4.78 is 68.8. The highest BCUT2D eigenvalue weighted by Crippen LogP contribution is 2.61. The maximum Gasteiger partial charge on any atom is 0.407 e. The number of fused-ring (bicyclic) bond motifs is 4. The molecular formula is C61H88N2O22. The number of aliphatic hydroxyl groups is 4. The van der Waals surface area contributed by atoms with Crippen LogP contribution in [0.1, 0.15) is 121 Å². The Labute approximate surface area is 495 Å². The van der Waals surface area contributed by atoms with E-state index in [0.717, 1.165) is 5.57 Å². The van der Waals surface area contributed by atoms with Crippen LogP contribution in [0.25, 0.3) is 0 Å². The van der Waals surface area contributed by atoms with Crippen LogP contribution in [0.2, 0.25) is 0 Å². The number of quaternary nitrogens is 1. The van der Waals surface area contributed by atoms with Crippen molar-refractivity contribution in [2.24, 2.45) is 40.9 Å². The number of alkyl carbamates (subject to hydrolysis) is 1. The van der Waals surface area contributed by atoms with Crippen LogP contribution in [0.15, 0.2) is 58.4 Å². The van der Waals surface area contributed by atoms with Crippen molar-refractivity contribution in [2.75, 3.05) is 13.7 Å². The van der Waals surface area contributed by atoms with Gasteiger partial charge in [-0.2, -0.15) is 0 Å². The molecule has 474 valence electrons. The van der Waals surface area contributed by atoms with Gasteiger partial charge in [-0.1, -0.05) is 50.6 Å². The molecule has 1 saturated carbocycles. The quantitative estimate of drug-likeness (QED) is 0.0367. The van der Waals surface area contributed by atoms with Crippen LogP contribution in [0.5, 0.6) is 0 Å². The summed E-state index contributed by atoms with van der Waals surface area (Å²) in [6, 6.07) is -1.02. The molecule has 7 N–H and O–H groups in total. The highest BCUT2D eigenvalue weighted by atomic mass is 16.8. The van der Waals surface area contributed by atoms with Crippen LogP contribution < -0.4 is 10.5 Å². The number of hydroxylamine groups is 2. The number of nitrogens with one attached hydrogen (secondary N) is 2. The van der Waals surface area contributed by atoms with Crippen LogP contribution in [-0.2, 0) is 71.3 Å². The van der Waals surface area contributed by atoms with E-state index in [1.165, 1.54) is 27.0 Å². The largest absolute Gasteiger partial charge is 0.600 e. The third-order valence-electron chi connectivity index (χ3n) is 20.0. The maximum atomic E-state index is 15.5. The number of esters is 2. The predicted octanol–water partition coefficient (Wildman–Crippen LogP) is 3.60. The van der Waals surface area contributed by atoms with E-state index < -0.39 is 185 Å². The van der Waals surface area contributed by atoms with E-state index >= 15 is 4.79 Å². The molecule has 9 aliphatic rings. The molecule has 6 fully saturated rings. The van der Waals surface area contributed by atoms with E-state index in [1.54, 1.807) is 33.8 Å². The molecule has 2 bridgehead atoms. The van der Waals surface area contributed by atoms with Crippen LogP contribution in [0, 0.1) is 46.1 Å². The highest BCUT2D eigenvalue weighted by Gasteiger charge is 2.65. The van der Waals surface area contributed by atoms with Gasteiger partial charge in [0, 0.05) is 49.9 Å². The van der Waals surface area contributed by atoms with Crippen LogP contribution >= 0.6 is 0 Å². The van der Waals surface area contributed by atoms with Gasteiger partial charge in [0.25, 0.3) is 0 Å². The maximum absolute atomic E-state index is 15.5. The molecule has 1 amide bonds. The van der Waals surface area contributed by atoms with E-state index in [9.17, 15) is 50.0 Å². The van der Waals surface area contributed by atoms with E-state index in [4.69, 9.17) is 52.1 Å². The van der Waals surface area contributed by atoms with Crippen molar-refractivity contribution in [1.29, 1.82) is 0 Å². The van der Waals surface area contributed by atoms with Crippen molar-refractivity contribution in [1.82, 2.24) is 5.32 Å². The van der Waals surface area contributed by atoms with Gasteiger partial charge in [-0.3, -0.25) is 14.4 Å². The second-order valence-electron chi connectivity index (χ2n) is 25.8. The Morgan fingerprint density at radius 1 is 0.824 bits per heavy atom. The van der Waals surface area contributed by atoms with Crippen molar-refractivity contribution >= 4 is 30.1 Å². The average Bonchev–Trinajstić information content (AvgIpc) is 2.03. The van der Waals surface area contributed by atoms with Crippen molar-refractivity contribution in [3.05, 3.63) is 63.6 Å². The summed E-state index contributed by atoms with van der Waals surface area (Å²) in [7, 11) is 1.17. The summed E-state index contributed by atoms with van der Waals surface area (Å²) in [4.78, 5) is 67.8. The summed E-state index contributed by atoms with van der Waals surface area (Å²) in [6.07, 6.45) is -4.16. The van der Waals surface area contributed by atoms with Gasteiger partial charge in [-0.15, -0.1) is 0 Å². The number of hydrogen-bond acceptors (Lipinski definition) is 22. The molecule has 4 aliphatic carbocycles. The molecule has 0 aromatic heterocycles. The fraction of sp³-hybridized carbons (Fsp3) is 0.754. The molecule has 85 heavy (non-hydrogen) atoms. The number of amides is 1. The first-order valence-corrected chi connectivity index (χ1v) is 29.9. The first-order chi connectivity index (χ1) is 40.0. The number of carbonyl (C=O) groups excluding carboxylic acids is 5. The predicted molar refractivity (Wildman–Crippen MR) is 296 cm³/mol. The number of aldehydes is 1. The number of hydrogen-bond donors (Lipinski definition) is 7. The topological polar surface area (TPSA) is 328 Å². The number of aliphatic hydroxyl groups excluding tert-OH is 4. The Bertz CT molecular complexity index is 2660. The molecule has 1 unspecified atom stereocenters. The van der Waals surface area contributed by atoms with Gasteiger partial charge in [0.2, 0.25) is 5.78 Å². The summed E-state index contributed by atoms with van der Waals surface area (Å²) in [5.74, 6) is -6.35. The summed E-state index contributed by atoms with van der Waals surface area (Å²) >= 11 is 0. The lowest BCUT2D eigenvalue weighted by atomic mass is 9.49. The zero-order valence-electron chi connectivity index (χ0n) is 50.6. The lowest BCUT2D eigenvalue weighted by Gasteiger charge is -2.56. The smallest absolute Gasteiger partial charge is 0.407 e. The average molecular weight is 1200 g/mol. The Morgan fingerprint density at radius 2 is 1.52 bits per heavy atom. The Balaban J connectivity index is 1.05. The SMILES string of the molecule is COC(=O)N[C@H]1[C@@H](C)O[C@@H](O[C@H]2C/C=C(/C)[C@@H]3C=C[C@@H]4[C@@H](O[C@H]5C[C@@H](O[C@H]6CO[C@H](C)[C@H](O[C@H]7C[C@@H](O)[C@H](O)[C@@H](C)O7)C6)[C@@H](OC(C)=O)[C@H](C)O5)[C@@H](C)C[C@H](C)[C@H]4[C@]3(C)/C(O)=C3/C(=O)O[C@]4(CC(C=O)=C[C@H](O)[C@H]4/C=C\2C)C3=O)C[C@]1(C)[NH+]([O-])O. The molecule has 5 saturated heterocycles. The third kappa shape index (κ3) is 12.5. The van der Waals surface area contributed by atoms with Gasteiger partial charge >= 0.3 is 18.0 Å². The molecule has 24 heteroatoms. The molecule has 5 heterocycles. The van der Waals surface area contributed by atoms with Crippen molar-refractivity contribution < 1.29 is 107 Å². The molecule has 0 radical (unpaired) electrons. The minimum Gasteiger partial charge on any atom is -0.600 e. The normalized spacial score (nSPS) is 48.3. The van der Waals surface area contributed by atoms with E-state index in [1.807, 2.05) is 32.9 Å². The van der Waals surface area contributed by atoms with Gasteiger partial charge in [0.1, 0.15) is 35.9 Å². The minimum atomic E-state index is -2.18. The first-order valence-electron chi connectivity index (χ1n) is 29.9. The van der Waals surface area contributed by atoms with Crippen LogP contribution in [-0.4, -0.2) is 185 Å². The number of ketones is 1. The Kier molecular flexibility index (Phi) is 19.5. The molecular weight excluding hydrogens is 1110 g/mol. The molecule has 0 aromatic rings. The lowest BCUT2D eigenvalue weighted by molar-refractivity contribution is -1.09. The van der Waals surface area contributed by atoms with Gasteiger partial charge in [0.05, 0.1) is 87.1 Å². The Hall–Kier alpha value is -4.51. The van der Waals surface area contributed by atoms with E-state index in [2.05, 4.69) is 25.2 Å². The van der Waals surface area contributed by atoms with Crippen molar-refractivity contribution in [3.8, 4) is 0 Å². The van der Waals surface area contributed by atoms with Gasteiger partial charge in [-0.25, -0.2) is 20.0 Å². The standard InChI is InChI=1S/C61H88N2O22/c1-27-13-16-43(82-48-24-59(10,63(73)74)54(34(8)79-48)62-58(72)75-12)28(2)18-40-41(66)19-36(25-64)23-61(40)56(70)49(57(71)85-61)55(69)60(11)39(27)15-14-38-50(60)29(3)17-30(4)52(38)84-47-22-45(53(33(7)78-47)80-35(9)65)81-37-20-44(31(5)76-26-37)83-46-21-42(67)51(68)32(6)77-46/h13-15,18-19,25,29-34,37-48,50-54,63,66-69,73H,16-17,20-24,26H2,1-12H3,(H,62,72)/b27-13-,28-18-,55-49-/t29-,30-,31+,32+,33-,34+,37+,38-,39-,40+,41-,42+,43-,44+,45+,46-,47-,48-,50+,51+,52-,53-,54-,59-,60+,61-/m0/s1. The highest BCUT2D eigenvalue weighted by molar-refractivity contribution is 6.26. The zero-order valence-corrected chi connectivity index (χ0v) is 50.6. The molecule has 5 aliphatic heterocycles. The molecule has 27 atom stereocenters. The van der Waals surface area contributed by atoms with Crippen molar-refractivity contribution in [3.63, 3.8) is 0 Å². The summed E-state index contributed by atoms with van der Waals surface area (Å²) in [5.41, 5.74) is -4.63. The van der Waals surface area contributed by atoms with Gasteiger partial charge in [-0.05, 0) is 96.3 Å². The molecule has 9 rings (SSSR count). The third-order valence-corrected chi connectivity index (χ3v) is 20.0. The number of Topliss-reactive ketones (excluding diaryl/α,β-unsaturated/α-hetero) is 1. The fourth-order valence-electron chi connectivity index (χ4n) is 15.5. The second kappa shape index (κ2) is 25.5. The van der Waals surface area contributed by atoms with Crippen molar-refractivity contribution in [2.45, 2.75) is 237 Å². The molecule has 0 aromatic carbocycles. The monoisotopic (exact) mass is 1200 g/mol. The molecule has 1 spiro atoms. The van der Waals surface area contributed by atoms with Crippen LogP contribution in [0.3, 0.4) is 0 Å². The second-order valence-corrected chi connectivity index (χ2v) is 25.8. The number of carbonyl (C=O) groups is 5. The van der Waals surface area contributed by atoms with Crippen LogP contribution in [0.4, 0.5) is 4.79 Å². The molecule has 24 nitrogen and oxygen atoms in total. The van der Waals surface area contributed by atoms with E-state index in [0.29, 0.717) is 24.7 Å². The number of rotatable bonds is 12. The van der Waals surface area contributed by atoms with Gasteiger partial charge in [0.15, 0.2) is 36.1 Å². The van der Waals surface area contributed by atoms with E-state index in [-0.39, 0.29) is 55.8 Å². The minimum absolute atomic E-state index is 0.00719. The lowest BCUT2D eigenvalue weighted by Crippen LogP contribution is -3.17. The summed E-state index contributed by atoms with van der Waals surface area (Å²) in [6.45, 7) is 19.5. The first kappa shape index (κ1) is 64.9. The number of allylic oxidation sites excluding steroid dienone is 3. The number of ether oxygens (including phenoxy) is 11.